The highest BCUT2D eigenvalue weighted by Crippen LogP contribution is 2.26. The van der Waals surface area contributed by atoms with Crippen molar-refractivity contribution in [2.45, 2.75) is 0 Å². The van der Waals surface area contributed by atoms with E-state index in [1.165, 1.54) is 24.3 Å². The normalized spacial score (nSPS) is 11.3. The Balaban J connectivity index is 1.53. The molecule has 1 aromatic heterocycles. The molecule has 3 aromatic carbocycles. The van der Waals surface area contributed by atoms with E-state index < -0.39 is 10.8 Å². The first-order valence-corrected chi connectivity index (χ1v) is 8.20. The van der Waals surface area contributed by atoms with Crippen molar-refractivity contribution in [3.8, 4) is 0 Å². The summed E-state index contributed by atoms with van der Waals surface area (Å²) in [6.45, 7) is 0. The minimum atomic E-state index is -0.513. The summed E-state index contributed by atoms with van der Waals surface area (Å²) < 4.78 is 0. The van der Waals surface area contributed by atoms with E-state index in [1.54, 1.807) is 6.21 Å². The molecule has 0 saturated carbocycles. The van der Waals surface area contributed by atoms with Gasteiger partial charge in [-0.25, -0.2) is 5.43 Å². The van der Waals surface area contributed by atoms with Gasteiger partial charge in [-0.1, -0.05) is 36.4 Å². The Labute approximate surface area is 153 Å². The zero-order chi connectivity index (χ0) is 18.8. The van der Waals surface area contributed by atoms with Crippen LogP contribution in [-0.4, -0.2) is 22.0 Å². The Morgan fingerprint density at radius 2 is 1.81 bits per heavy atom. The highest BCUT2D eigenvalue weighted by atomic mass is 16.6. The van der Waals surface area contributed by atoms with Gasteiger partial charge in [-0.15, -0.1) is 0 Å². The fraction of sp³-hybridized carbons (Fsp3) is 0. The standard InChI is InChI=1S/C20H14N4O3/c25-20(14-5-8-16(9-6-14)24(26)27)23-22-12-15-11-21-19-17-4-2-1-3-13(17)7-10-18(15)19/h1-12,21H,(H,23,25). The number of hydrazone groups is 1. The molecule has 0 unspecified atom stereocenters. The molecule has 0 saturated heterocycles. The molecule has 4 aromatic rings. The zero-order valence-electron chi connectivity index (χ0n) is 14.0. The van der Waals surface area contributed by atoms with Gasteiger partial charge in [0.15, 0.2) is 0 Å². The van der Waals surface area contributed by atoms with Gasteiger partial charge in [-0.3, -0.25) is 14.9 Å². The second kappa shape index (κ2) is 6.72. The molecular formula is C20H14N4O3. The third kappa shape index (κ3) is 3.13. The Bertz CT molecular complexity index is 1190. The lowest BCUT2D eigenvalue weighted by Crippen LogP contribution is -2.17. The molecule has 1 heterocycles. The minimum absolute atomic E-state index is 0.0685. The molecular weight excluding hydrogens is 344 g/mol. The maximum Gasteiger partial charge on any atom is 0.271 e. The highest BCUT2D eigenvalue weighted by Gasteiger charge is 2.09. The van der Waals surface area contributed by atoms with E-state index in [0.29, 0.717) is 5.56 Å². The van der Waals surface area contributed by atoms with Crippen molar-refractivity contribution in [3.05, 3.63) is 88.1 Å². The predicted octanol–water partition coefficient (Wildman–Crippen LogP) is 3.99. The number of H-pyrrole nitrogens is 1. The number of amides is 1. The molecule has 0 aliphatic heterocycles. The Morgan fingerprint density at radius 1 is 1.04 bits per heavy atom. The third-order valence-corrected chi connectivity index (χ3v) is 4.32. The monoisotopic (exact) mass is 358 g/mol. The highest BCUT2D eigenvalue weighted by molar-refractivity contribution is 6.11. The van der Waals surface area contributed by atoms with Gasteiger partial charge in [0, 0.05) is 40.2 Å². The predicted molar refractivity (Wildman–Crippen MR) is 104 cm³/mol. The fourth-order valence-electron chi connectivity index (χ4n) is 2.96. The van der Waals surface area contributed by atoms with Crippen molar-refractivity contribution in [3.63, 3.8) is 0 Å². The number of hydrogen-bond donors (Lipinski definition) is 2. The molecule has 0 aliphatic rings. The molecule has 0 fully saturated rings. The van der Waals surface area contributed by atoms with Gasteiger partial charge in [0.05, 0.1) is 16.7 Å². The summed E-state index contributed by atoms with van der Waals surface area (Å²) in [4.78, 5) is 25.5. The van der Waals surface area contributed by atoms with E-state index in [4.69, 9.17) is 0 Å². The summed E-state index contributed by atoms with van der Waals surface area (Å²) in [6, 6.07) is 17.5. The van der Waals surface area contributed by atoms with Crippen LogP contribution >= 0.6 is 0 Å². The van der Waals surface area contributed by atoms with E-state index in [0.717, 1.165) is 27.2 Å². The van der Waals surface area contributed by atoms with E-state index >= 15 is 0 Å². The molecule has 2 N–H and O–H groups in total. The number of benzene rings is 3. The molecule has 7 heteroatoms. The topological polar surface area (TPSA) is 100 Å². The summed E-state index contributed by atoms with van der Waals surface area (Å²) >= 11 is 0. The van der Waals surface area contributed by atoms with Crippen LogP contribution in [0.4, 0.5) is 5.69 Å². The molecule has 7 nitrogen and oxygen atoms in total. The summed E-state index contributed by atoms with van der Waals surface area (Å²) in [7, 11) is 0. The molecule has 132 valence electrons. The van der Waals surface area contributed by atoms with Gasteiger partial charge in [-0.05, 0) is 17.5 Å². The summed E-state index contributed by atoms with van der Waals surface area (Å²) in [6.07, 6.45) is 3.40. The van der Waals surface area contributed by atoms with Crippen molar-refractivity contribution in [2.24, 2.45) is 5.10 Å². The third-order valence-electron chi connectivity index (χ3n) is 4.32. The van der Waals surface area contributed by atoms with Crippen LogP contribution in [-0.2, 0) is 0 Å². The van der Waals surface area contributed by atoms with Crippen molar-refractivity contribution in [2.75, 3.05) is 0 Å². The van der Waals surface area contributed by atoms with Crippen molar-refractivity contribution < 1.29 is 9.72 Å². The number of hydrogen-bond acceptors (Lipinski definition) is 4. The number of carbonyl (C=O) groups is 1. The van der Waals surface area contributed by atoms with E-state index in [1.807, 2.05) is 42.6 Å². The fourth-order valence-corrected chi connectivity index (χ4v) is 2.96. The van der Waals surface area contributed by atoms with Crippen LogP contribution in [0.5, 0.6) is 0 Å². The summed E-state index contributed by atoms with van der Waals surface area (Å²) in [5, 5.41) is 17.9. The maximum absolute atomic E-state index is 12.1. The molecule has 0 radical (unpaired) electrons. The second-order valence-electron chi connectivity index (χ2n) is 5.96. The Hall–Kier alpha value is -4.00. The number of fused-ring (bicyclic) bond motifs is 3. The molecule has 0 atom stereocenters. The number of carbonyl (C=O) groups excluding carboxylic acids is 1. The van der Waals surface area contributed by atoms with Crippen molar-refractivity contribution in [1.82, 2.24) is 10.4 Å². The average molecular weight is 358 g/mol. The number of nitrogens with one attached hydrogen (secondary N) is 2. The number of aromatic amines is 1. The maximum atomic E-state index is 12.1. The van der Waals surface area contributed by atoms with Crippen LogP contribution in [0.15, 0.2) is 72.0 Å². The molecule has 0 aliphatic carbocycles. The van der Waals surface area contributed by atoms with Crippen LogP contribution < -0.4 is 5.43 Å². The number of non-ortho nitro benzene ring substituents is 1. The first kappa shape index (κ1) is 16.5. The number of nitro groups is 1. The Morgan fingerprint density at radius 3 is 2.59 bits per heavy atom. The number of aromatic nitrogens is 1. The second-order valence-corrected chi connectivity index (χ2v) is 5.96. The minimum Gasteiger partial charge on any atom is -0.360 e. The molecule has 0 bridgehead atoms. The lowest BCUT2D eigenvalue weighted by Gasteiger charge is -2.00. The first-order valence-electron chi connectivity index (χ1n) is 8.20. The van der Waals surface area contributed by atoms with Gasteiger partial charge in [0.2, 0.25) is 0 Å². The Kier molecular flexibility index (Phi) is 4.10. The average Bonchev–Trinajstić information content (AvgIpc) is 3.11. The van der Waals surface area contributed by atoms with E-state index in [9.17, 15) is 14.9 Å². The van der Waals surface area contributed by atoms with Crippen molar-refractivity contribution in [1.29, 1.82) is 0 Å². The van der Waals surface area contributed by atoms with Crippen LogP contribution in [0.2, 0.25) is 0 Å². The SMILES string of the molecule is O=C(NN=Cc1c[nH]c2c1ccc1ccccc12)c1ccc([N+](=O)[O-])cc1. The van der Waals surface area contributed by atoms with Crippen LogP contribution in [0.25, 0.3) is 21.7 Å². The van der Waals surface area contributed by atoms with Crippen LogP contribution in [0.1, 0.15) is 15.9 Å². The number of rotatable bonds is 4. The molecule has 1 amide bonds. The van der Waals surface area contributed by atoms with Gasteiger partial charge in [0.1, 0.15) is 0 Å². The molecule has 27 heavy (non-hydrogen) atoms. The van der Waals surface area contributed by atoms with E-state index in [2.05, 4.69) is 15.5 Å². The van der Waals surface area contributed by atoms with Gasteiger partial charge in [0.25, 0.3) is 11.6 Å². The summed E-state index contributed by atoms with van der Waals surface area (Å²) in [5.41, 5.74) is 4.52. The lowest BCUT2D eigenvalue weighted by molar-refractivity contribution is -0.384. The van der Waals surface area contributed by atoms with Gasteiger partial charge < -0.3 is 4.98 Å². The largest absolute Gasteiger partial charge is 0.360 e. The van der Waals surface area contributed by atoms with Crippen LogP contribution in [0, 0.1) is 10.1 Å². The van der Waals surface area contributed by atoms with Crippen molar-refractivity contribution >= 4 is 39.5 Å². The van der Waals surface area contributed by atoms with Gasteiger partial charge in [-0.2, -0.15) is 5.10 Å². The summed E-state index contributed by atoms with van der Waals surface area (Å²) in [5.74, 6) is -0.438. The molecule has 0 spiro atoms. The number of nitrogens with zero attached hydrogens (tertiary/aromatic N) is 2. The first-order chi connectivity index (χ1) is 13.1. The zero-order valence-corrected chi connectivity index (χ0v) is 14.0. The van der Waals surface area contributed by atoms with Crippen LogP contribution in [0.3, 0.4) is 0 Å². The van der Waals surface area contributed by atoms with Gasteiger partial charge >= 0.3 is 0 Å². The van der Waals surface area contributed by atoms with E-state index in [-0.39, 0.29) is 5.69 Å². The number of nitro benzene ring substituents is 1. The smallest absolute Gasteiger partial charge is 0.271 e. The quantitative estimate of drug-likeness (QED) is 0.328. The lowest BCUT2D eigenvalue weighted by atomic mass is 10.1. The molecule has 4 rings (SSSR count).